The minimum Gasteiger partial charge on any atom is -0.477 e. The average Bonchev–Trinajstić information content (AvgIpc) is 2.91. The summed E-state index contributed by atoms with van der Waals surface area (Å²) in [5, 5.41) is 13.3. The van der Waals surface area contributed by atoms with Crippen LogP contribution in [0.5, 0.6) is 0 Å². The number of carbonyl (C=O) groups is 2. The quantitative estimate of drug-likeness (QED) is 0.841. The number of benzene rings is 1. The number of hydrogen-bond acceptors (Lipinski definition) is 3. The number of carbonyl (C=O) groups excluding carboxylic acids is 1. The number of amides is 1. The molecule has 4 nitrogen and oxygen atoms in total. The van der Waals surface area contributed by atoms with Crippen molar-refractivity contribution in [2.75, 3.05) is 0 Å². The standard InChI is InChI=1S/C14H11NO3S/c16-13(10-5-2-1-3-6-10)15-12(14(17)18)9-11-7-4-8-19-11/h1-9H,(H,15,16)(H,17,18)/b12-9+. The van der Waals surface area contributed by atoms with Crippen LogP contribution in [0.15, 0.2) is 53.5 Å². The third kappa shape index (κ3) is 3.53. The van der Waals surface area contributed by atoms with Crippen LogP contribution < -0.4 is 5.32 Å². The predicted octanol–water partition coefficient (Wildman–Crippen LogP) is 2.60. The highest BCUT2D eigenvalue weighted by atomic mass is 32.1. The lowest BCUT2D eigenvalue weighted by Gasteiger charge is -2.05. The maximum atomic E-state index is 11.9. The van der Waals surface area contributed by atoms with Crippen LogP contribution in [0.4, 0.5) is 0 Å². The summed E-state index contributed by atoms with van der Waals surface area (Å²) >= 11 is 1.40. The predicted molar refractivity (Wildman–Crippen MR) is 73.8 cm³/mol. The maximum Gasteiger partial charge on any atom is 0.352 e. The van der Waals surface area contributed by atoms with Crippen LogP contribution in [0.2, 0.25) is 0 Å². The van der Waals surface area contributed by atoms with Crippen LogP contribution in [0.3, 0.4) is 0 Å². The SMILES string of the molecule is O=C(O)/C(=C\c1cccs1)NC(=O)c1ccccc1. The van der Waals surface area contributed by atoms with E-state index in [0.717, 1.165) is 4.88 Å². The number of rotatable bonds is 4. The Bertz CT molecular complexity index is 603. The Labute approximate surface area is 114 Å². The molecule has 1 aromatic carbocycles. The van der Waals surface area contributed by atoms with Gasteiger partial charge in [0.1, 0.15) is 5.70 Å². The molecule has 0 radical (unpaired) electrons. The molecule has 0 atom stereocenters. The molecule has 0 saturated carbocycles. The summed E-state index contributed by atoms with van der Waals surface area (Å²) < 4.78 is 0. The molecule has 2 N–H and O–H groups in total. The number of hydrogen-bond donors (Lipinski definition) is 2. The van der Waals surface area contributed by atoms with Crippen molar-refractivity contribution in [2.24, 2.45) is 0 Å². The normalized spacial score (nSPS) is 11.1. The Balaban J connectivity index is 2.19. The summed E-state index contributed by atoms with van der Waals surface area (Å²) in [7, 11) is 0. The van der Waals surface area contributed by atoms with Crippen molar-refractivity contribution in [3.63, 3.8) is 0 Å². The molecule has 0 bridgehead atoms. The Morgan fingerprint density at radius 2 is 1.84 bits per heavy atom. The Morgan fingerprint density at radius 3 is 2.42 bits per heavy atom. The van der Waals surface area contributed by atoms with Gasteiger partial charge in [-0.1, -0.05) is 24.3 Å². The highest BCUT2D eigenvalue weighted by Gasteiger charge is 2.13. The molecule has 1 amide bonds. The molecule has 96 valence electrons. The van der Waals surface area contributed by atoms with Gasteiger partial charge in [0.2, 0.25) is 0 Å². The Morgan fingerprint density at radius 1 is 1.11 bits per heavy atom. The molecule has 1 aromatic heterocycles. The van der Waals surface area contributed by atoms with Gasteiger partial charge in [0.15, 0.2) is 0 Å². The summed E-state index contributed by atoms with van der Waals surface area (Å²) in [4.78, 5) is 23.8. The largest absolute Gasteiger partial charge is 0.477 e. The number of thiophene rings is 1. The number of carboxylic acid groups (broad SMARTS) is 1. The summed E-state index contributed by atoms with van der Waals surface area (Å²) in [5.74, 6) is -1.61. The van der Waals surface area contributed by atoms with Crippen molar-refractivity contribution in [1.29, 1.82) is 0 Å². The molecule has 2 rings (SSSR count). The zero-order valence-electron chi connectivity index (χ0n) is 9.87. The minimum absolute atomic E-state index is 0.142. The monoisotopic (exact) mass is 273 g/mol. The van der Waals surface area contributed by atoms with Gasteiger partial charge >= 0.3 is 5.97 Å². The Hall–Kier alpha value is -2.40. The lowest BCUT2D eigenvalue weighted by molar-refractivity contribution is -0.132. The van der Waals surface area contributed by atoms with E-state index in [4.69, 9.17) is 5.11 Å². The molecule has 0 saturated heterocycles. The molecular weight excluding hydrogens is 262 g/mol. The van der Waals surface area contributed by atoms with Crippen LogP contribution in [0, 0.1) is 0 Å². The summed E-state index contributed by atoms with van der Waals surface area (Å²) in [6.45, 7) is 0. The van der Waals surface area contributed by atoms with Crippen molar-refractivity contribution in [3.05, 3.63) is 64.0 Å². The molecule has 19 heavy (non-hydrogen) atoms. The van der Waals surface area contributed by atoms with E-state index < -0.39 is 11.9 Å². The van der Waals surface area contributed by atoms with Crippen LogP contribution in [-0.2, 0) is 4.79 Å². The van der Waals surface area contributed by atoms with E-state index in [1.807, 2.05) is 11.4 Å². The fourth-order valence-electron chi connectivity index (χ4n) is 1.45. The van der Waals surface area contributed by atoms with E-state index >= 15 is 0 Å². The van der Waals surface area contributed by atoms with Crippen LogP contribution in [0.25, 0.3) is 6.08 Å². The van der Waals surface area contributed by atoms with Gasteiger partial charge in [0.25, 0.3) is 5.91 Å². The smallest absolute Gasteiger partial charge is 0.352 e. The van der Waals surface area contributed by atoms with Crippen molar-refractivity contribution in [2.45, 2.75) is 0 Å². The first-order valence-electron chi connectivity index (χ1n) is 5.52. The maximum absolute atomic E-state index is 11.9. The zero-order valence-corrected chi connectivity index (χ0v) is 10.7. The third-order valence-electron chi connectivity index (χ3n) is 2.34. The van der Waals surface area contributed by atoms with E-state index in [-0.39, 0.29) is 5.70 Å². The fraction of sp³-hybridized carbons (Fsp3) is 0. The van der Waals surface area contributed by atoms with Crippen LogP contribution in [0.1, 0.15) is 15.2 Å². The lowest BCUT2D eigenvalue weighted by atomic mass is 10.2. The summed E-state index contributed by atoms with van der Waals surface area (Å²) in [6, 6.07) is 12.1. The van der Waals surface area contributed by atoms with Crippen molar-refractivity contribution in [1.82, 2.24) is 5.32 Å². The second kappa shape index (κ2) is 5.97. The molecule has 0 aliphatic heterocycles. The molecule has 0 fully saturated rings. The van der Waals surface area contributed by atoms with Gasteiger partial charge in [0, 0.05) is 10.4 Å². The molecule has 1 heterocycles. The second-order valence-electron chi connectivity index (χ2n) is 3.70. The third-order valence-corrected chi connectivity index (χ3v) is 3.16. The van der Waals surface area contributed by atoms with E-state index in [1.54, 1.807) is 36.4 Å². The number of nitrogens with one attached hydrogen (secondary N) is 1. The molecule has 5 heteroatoms. The van der Waals surface area contributed by atoms with Crippen molar-refractivity contribution >= 4 is 29.3 Å². The van der Waals surface area contributed by atoms with Gasteiger partial charge in [-0.3, -0.25) is 4.79 Å². The zero-order chi connectivity index (χ0) is 13.7. The van der Waals surface area contributed by atoms with Crippen molar-refractivity contribution < 1.29 is 14.7 Å². The first-order chi connectivity index (χ1) is 9.16. The second-order valence-corrected chi connectivity index (χ2v) is 4.68. The molecular formula is C14H11NO3S. The van der Waals surface area contributed by atoms with E-state index in [2.05, 4.69) is 5.32 Å². The first-order valence-corrected chi connectivity index (χ1v) is 6.39. The van der Waals surface area contributed by atoms with Gasteiger partial charge in [-0.25, -0.2) is 4.79 Å². The highest BCUT2D eigenvalue weighted by Crippen LogP contribution is 2.13. The van der Waals surface area contributed by atoms with Crippen LogP contribution >= 0.6 is 11.3 Å². The first kappa shape index (κ1) is 13.0. The number of aliphatic carboxylic acids is 1. The number of carboxylic acids is 1. The summed E-state index contributed by atoms with van der Waals surface area (Å²) in [6.07, 6.45) is 1.44. The van der Waals surface area contributed by atoms with Gasteiger partial charge in [-0.15, -0.1) is 11.3 Å². The Kier molecular flexibility index (Phi) is 4.10. The molecule has 0 aliphatic rings. The van der Waals surface area contributed by atoms with Crippen LogP contribution in [-0.4, -0.2) is 17.0 Å². The minimum atomic E-state index is -1.17. The fourth-order valence-corrected chi connectivity index (χ4v) is 2.11. The van der Waals surface area contributed by atoms with E-state index in [0.29, 0.717) is 5.56 Å². The topological polar surface area (TPSA) is 66.4 Å². The summed E-state index contributed by atoms with van der Waals surface area (Å²) in [5.41, 5.74) is 0.275. The van der Waals surface area contributed by atoms with E-state index in [9.17, 15) is 9.59 Å². The van der Waals surface area contributed by atoms with Crippen molar-refractivity contribution in [3.8, 4) is 0 Å². The van der Waals surface area contributed by atoms with Gasteiger partial charge in [-0.2, -0.15) is 0 Å². The van der Waals surface area contributed by atoms with Gasteiger partial charge < -0.3 is 10.4 Å². The van der Waals surface area contributed by atoms with Gasteiger partial charge in [0.05, 0.1) is 0 Å². The molecule has 0 unspecified atom stereocenters. The molecule has 2 aromatic rings. The molecule has 0 aliphatic carbocycles. The lowest BCUT2D eigenvalue weighted by Crippen LogP contribution is -2.27. The average molecular weight is 273 g/mol. The van der Waals surface area contributed by atoms with E-state index in [1.165, 1.54) is 17.4 Å². The van der Waals surface area contributed by atoms with Gasteiger partial charge in [-0.05, 0) is 29.7 Å². The highest BCUT2D eigenvalue weighted by molar-refractivity contribution is 7.10. The molecule has 0 spiro atoms.